The highest BCUT2D eigenvalue weighted by Gasteiger charge is 2.47. The smallest absolute Gasteiger partial charge is 0.300 e. The monoisotopic (exact) mass is 513 g/mol. The fraction of sp³-hybridized carbons (Fsp3) is 0.448. The number of Topliss-reactive ketones (excluding diaryl/α,β-unsaturated/α-hetero) is 1. The number of rotatable bonds is 10. The van der Waals surface area contributed by atoms with Gasteiger partial charge in [0, 0.05) is 35.8 Å². The number of nitrogens with zero attached hydrogens (tertiary/aromatic N) is 6. The minimum atomic E-state index is -0.0957. The Kier molecular flexibility index (Phi) is 7.35. The number of H-pyrrole nitrogens is 1. The van der Waals surface area contributed by atoms with Gasteiger partial charge in [0.25, 0.3) is 0 Å². The molecule has 9 nitrogen and oxygen atoms in total. The van der Waals surface area contributed by atoms with Gasteiger partial charge in [0.05, 0.1) is 12.6 Å². The third kappa shape index (κ3) is 4.85. The second-order valence-corrected chi connectivity index (χ2v) is 10.7. The molecule has 198 valence electrons. The zero-order valence-electron chi connectivity index (χ0n) is 22.5. The molecule has 0 bridgehead atoms. The van der Waals surface area contributed by atoms with Gasteiger partial charge in [-0.3, -0.25) is 18.9 Å². The van der Waals surface area contributed by atoms with Crippen molar-refractivity contribution in [1.29, 1.82) is 0 Å². The number of pyridine rings is 1. The highest BCUT2D eigenvalue weighted by atomic mass is 16.2. The van der Waals surface area contributed by atoms with E-state index in [2.05, 4.69) is 46.4 Å². The van der Waals surface area contributed by atoms with Crippen molar-refractivity contribution in [2.24, 2.45) is 17.8 Å². The first-order valence-electron chi connectivity index (χ1n) is 13.5. The maximum Gasteiger partial charge on any atom is 0.328 e. The Labute approximate surface area is 222 Å². The summed E-state index contributed by atoms with van der Waals surface area (Å²) in [5.41, 5.74) is 4.85. The lowest BCUT2D eigenvalue weighted by molar-refractivity contribution is -0.129. The standard InChI is InChI=1S/C29H35N7O2/c1-5-6-7-23-17-36(27-25(18(2)3)14-26(27)19(4)37)29(38)35(23)16-22-15-30-13-12-24(22)20-8-10-21(11-9-20)28-31-33-34-32-28/h8-13,15,17-18,25-27H,5-7,14,16H2,1-4H3,(H,31,32,33,34). The van der Waals surface area contributed by atoms with Crippen molar-refractivity contribution in [3.63, 3.8) is 0 Å². The van der Waals surface area contributed by atoms with E-state index in [9.17, 15) is 9.59 Å². The minimum absolute atomic E-state index is 0.0417. The van der Waals surface area contributed by atoms with Gasteiger partial charge >= 0.3 is 5.69 Å². The summed E-state index contributed by atoms with van der Waals surface area (Å²) in [4.78, 5) is 30.7. The van der Waals surface area contributed by atoms with E-state index in [1.807, 2.05) is 51.9 Å². The van der Waals surface area contributed by atoms with E-state index < -0.39 is 0 Å². The van der Waals surface area contributed by atoms with E-state index in [-0.39, 0.29) is 23.4 Å². The predicted molar refractivity (Wildman–Crippen MR) is 145 cm³/mol. The Morgan fingerprint density at radius 1 is 1.16 bits per heavy atom. The van der Waals surface area contributed by atoms with Gasteiger partial charge in [-0.25, -0.2) is 4.79 Å². The predicted octanol–water partition coefficient (Wildman–Crippen LogP) is 4.71. The van der Waals surface area contributed by atoms with Gasteiger partial charge in [-0.2, -0.15) is 5.21 Å². The van der Waals surface area contributed by atoms with Crippen molar-refractivity contribution in [3.8, 4) is 22.5 Å². The quantitative estimate of drug-likeness (QED) is 0.329. The number of hydrogen-bond acceptors (Lipinski definition) is 6. The molecular formula is C29H35N7O2. The summed E-state index contributed by atoms with van der Waals surface area (Å²) in [6.07, 6.45) is 9.34. The first-order valence-corrected chi connectivity index (χ1v) is 13.5. The molecule has 0 aliphatic heterocycles. The highest BCUT2D eigenvalue weighted by molar-refractivity contribution is 5.80. The molecule has 1 aromatic carbocycles. The maximum atomic E-state index is 13.9. The van der Waals surface area contributed by atoms with Crippen LogP contribution in [0.5, 0.6) is 0 Å². The van der Waals surface area contributed by atoms with Crippen LogP contribution < -0.4 is 5.69 Å². The molecule has 4 aromatic rings. The largest absolute Gasteiger partial charge is 0.328 e. The zero-order chi connectivity index (χ0) is 26.8. The summed E-state index contributed by atoms with van der Waals surface area (Å²) in [5, 5.41) is 14.2. The lowest BCUT2D eigenvalue weighted by atomic mass is 9.63. The molecule has 5 rings (SSSR count). The normalized spacial score (nSPS) is 19.0. The molecule has 1 saturated carbocycles. The van der Waals surface area contributed by atoms with Gasteiger partial charge in [0.2, 0.25) is 5.82 Å². The summed E-state index contributed by atoms with van der Waals surface area (Å²) >= 11 is 0. The second kappa shape index (κ2) is 10.8. The summed E-state index contributed by atoms with van der Waals surface area (Å²) in [7, 11) is 0. The molecule has 9 heteroatoms. The fourth-order valence-electron chi connectivity index (χ4n) is 5.72. The summed E-state index contributed by atoms with van der Waals surface area (Å²) in [6, 6.07) is 9.88. The third-order valence-electron chi connectivity index (χ3n) is 7.98. The van der Waals surface area contributed by atoms with E-state index in [1.165, 1.54) is 0 Å². The summed E-state index contributed by atoms with van der Waals surface area (Å²) in [5.74, 6) is 1.34. The van der Waals surface area contributed by atoms with Crippen LogP contribution in [0.3, 0.4) is 0 Å². The molecule has 3 aromatic heterocycles. The maximum absolute atomic E-state index is 13.9. The number of aromatic amines is 1. The van der Waals surface area contributed by atoms with Crippen LogP contribution in [0.4, 0.5) is 0 Å². The number of tetrazole rings is 1. The van der Waals surface area contributed by atoms with Crippen molar-refractivity contribution >= 4 is 5.78 Å². The van der Waals surface area contributed by atoms with Crippen LogP contribution in [0.15, 0.2) is 53.7 Å². The SMILES string of the molecule is CCCCc1cn(C2C(C(C)=O)CC2C(C)C)c(=O)n1Cc1cnccc1-c1ccc(-c2nn[nH]n2)cc1. The van der Waals surface area contributed by atoms with Crippen LogP contribution in [-0.4, -0.2) is 40.5 Å². The lowest BCUT2D eigenvalue weighted by Crippen LogP contribution is -2.47. The average Bonchev–Trinajstić information content (AvgIpc) is 3.52. The Balaban J connectivity index is 1.51. The first-order chi connectivity index (χ1) is 18.4. The number of imidazole rings is 1. The Morgan fingerprint density at radius 2 is 1.92 bits per heavy atom. The van der Waals surface area contributed by atoms with E-state index in [4.69, 9.17) is 0 Å². The van der Waals surface area contributed by atoms with Crippen molar-refractivity contribution in [1.82, 2.24) is 34.7 Å². The van der Waals surface area contributed by atoms with Crippen LogP contribution in [0, 0.1) is 17.8 Å². The number of aromatic nitrogens is 7. The first kappa shape index (κ1) is 25.8. The second-order valence-electron chi connectivity index (χ2n) is 10.7. The van der Waals surface area contributed by atoms with Gasteiger partial charge < -0.3 is 0 Å². The Morgan fingerprint density at radius 3 is 2.58 bits per heavy atom. The third-order valence-corrected chi connectivity index (χ3v) is 7.98. The number of hydrogen-bond donors (Lipinski definition) is 1. The molecule has 1 N–H and O–H groups in total. The number of benzene rings is 1. The molecule has 3 heterocycles. The molecule has 0 radical (unpaired) electrons. The van der Waals surface area contributed by atoms with Gasteiger partial charge in [-0.1, -0.05) is 51.5 Å². The van der Waals surface area contributed by atoms with Gasteiger partial charge in [0.1, 0.15) is 5.78 Å². The minimum Gasteiger partial charge on any atom is -0.300 e. The summed E-state index contributed by atoms with van der Waals surface area (Å²) in [6.45, 7) is 8.59. The van der Waals surface area contributed by atoms with E-state index >= 15 is 0 Å². The molecule has 3 atom stereocenters. The van der Waals surface area contributed by atoms with Gasteiger partial charge in [0.15, 0.2) is 0 Å². The van der Waals surface area contributed by atoms with Gasteiger partial charge in [-0.15, -0.1) is 10.2 Å². The number of ketones is 1. The number of aryl methyl sites for hydroxylation is 1. The molecule has 1 aliphatic carbocycles. The average molecular weight is 514 g/mol. The van der Waals surface area contributed by atoms with E-state index in [0.717, 1.165) is 53.6 Å². The van der Waals surface area contributed by atoms with E-state index in [1.54, 1.807) is 13.1 Å². The molecular weight excluding hydrogens is 478 g/mol. The molecule has 38 heavy (non-hydrogen) atoms. The molecule has 1 aliphatic rings. The van der Waals surface area contributed by atoms with Gasteiger partial charge in [-0.05, 0) is 66.0 Å². The van der Waals surface area contributed by atoms with Crippen LogP contribution in [-0.2, 0) is 17.8 Å². The molecule has 1 fully saturated rings. The van der Waals surface area contributed by atoms with Crippen LogP contribution in [0.2, 0.25) is 0 Å². The van der Waals surface area contributed by atoms with Crippen molar-refractivity contribution in [2.45, 2.75) is 66.0 Å². The molecule has 3 unspecified atom stereocenters. The summed E-state index contributed by atoms with van der Waals surface area (Å²) < 4.78 is 3.75. The van der Waals surface area contributed by atoms with E-state index in [0.29, 0.717) is 24.2 Å². The number of nitrogens with one attached hydrogen (secondary N) is 1. The highest BCUT2D eigenvalue weighted by Crippen LogP contribution is 2.48. The fourth-order valence-corrected chi connectivity index (χ4v) is 5.72. The Hall–Kier alpha value is -3.88. The van der Waals surface area contributed by atoms with Crippen molar-refractivity contribution < 1.29 is 4.79 Å². The van der Waals surface area contributed by atoms with Crippen molar-refractivity contribution in [2.75, 3.05) is 0 Å². The van der Waals surface area contributed by atoms with Crippen molar-refractivity contribution in [3.05, 3.63) is 70.7 Å². The number of carbonyl (C=O) groups is 1. The van der Waals surface area contributed by atoms with Crippen LogP contribution in [0.1, 0.15) is 64.3 Å². The molecule has 0 saturated heterocycles. The number of carbonyl (C=O) groups excluding carboxylic acids is 1. The number of unbranched alkanes of at least 4 members (excludes halogenated alkanes) is 1. The zero-order valence-corrected chi connectivity index (χ0v) is 22.5. The topological polar surface area (TPSA) is 111 Å². The van der Waals surface area contributed by atoms with Crippen LogP contribution >= 0.6 is 0 Å². The Bertz CT molecular complexity index is 1450. The lowest BCUT2D eigenvalue weighted by Gasteiger charge is -2.46. The molecule has 0 amide bonds. The van der Waals surface area contributed by atoms with Crippen LogP contribution in [0.25, 0.3) is 22.5 Å². The molecule has 0 spiro atoms.